The average Bonchev–Trinajstić information content (AvgIpc) is 3.16. The van der Waals surface area contributed by atoms with Crippen LogP contribution in [0.2, 0.25) is 0 Å². The molecular weight excluding hydrogens is 346 g/mol. The molecule has 0 aliphatic carbocycles. The van der Waals surface area contributed by atoms with E-state index in [1.807, 2.05) is 37.3 Å². The molecule has 1 heterocycles. The largest absolute Gasteiger partial charge is 0.342 e. The number of carbonyl (C=O) groups is 1. The molecule has 1 amide bonds. The predicted octanol–water partition coefficient (Wildman–Crippen LogP) is 3.70. The van der Waals surface area contributed by atoms with Crippen LogP contribution in [0.3, 0.4) is 0 Å². The zero-order chi connectivity index (χ0) is 18.5. The Labute approximate surface area is 155 Å². The van der Waals surface area contributed by atoms with Crippen molar-refractivity contribution in [3.05, 3.63) is 72.2 Å². The molecule has 0 aliphatic heterocycles. The number of hydrogen-bond donors (Lipinski definition) is 2. The first-order chi connectivity index (χ1) is 12.6. The van der Waals surface area contributed by atoms with Crippen LogP contribution >= 0.6 is 0 Å². The lowest BCUT2D eigenvalue weighted by Crippen LogP contribution is -2.28. The number of hydrogen-bond acceptors (Lipinski definition) is 3. The number of aromatic amines is 1. The molecule has 2 N–H and O–H groups in total. The highest BCUT2D eigenvalue weighted by atomic mass is 32.2. The van der Waals surface area contributed by atoms with E-state index in [2.05, 4.69) is 15.3 Å². The second kappa shape index (κ2) is 8.10. The summed E-state index contributed by atoms with van der Waals surface area (Å²) in [6.45, 7) is 2.00. The van der Waals surface area contributed by atoms with E-state index in [0.29, 0.717) is 16.9 Å². The molecule has 0 spiro atoms. The highest BCUT2D eigenvalue weighted by molar-refractivity contribution is 7.84. The van der Waals surface area contributed by atoms with Crippen molar-refractivity contribution in [2.24, 2.45) is 0 Å². The Kier molecular flexibility index (Phi) is 5.63. The Morgan fingerprint density at radius 2 is 1.85 bits per heavy atom. The minimum absolute atomic E-state index is 0.178. The highest BCUT2D eigenvalue weighted by Crippen LogP contribution is 2.21. The maximum Gasteiger partial charge on any atom is 0.251 e. The van der Waals surface area contributed by atoms with Crippen LogP contribution in [0.1, 0.15) is 35.6 Å². The second-order valence-corrected chi connectivity index (χ2v) is 7.34. The molecule has 0 saturated carbocycles. The second-order valence-electron chi connectivity index (χ2n) is 5.96. The molecular formula is C20H21N3O2S. The van der Waals surface area contributed by atoms with Gasteiger partial charge in [-0.3, -0.25) is 9.00 Å². The maximum atomic E-state index is 12.5. The zero-order valence-electron chi connectivity index (χ0n) is 14.7. The lowest BCUT2D eigenvalue weighted by Gasteiger charge is -2.15. The topological polar surface area (TPSA) is 74.8 Å². The lowest BCUT2D eigenvalue weighted by molar-refractivity contribution is 0.0934. The monoisotopic (exact) mass is 367 g/mol. The molecule has 3 rings (SSSR count). The van der Waals surface area contributed by atoms with Gasteiger partial charge in [-0.15, -0.1) is 0 Å². The number of nitrogens with one attached hydrogen (secondary N) is 2. The zero-order valence-corrected chi connectivity index (χ0v) is 15.5. The highest BCUT2D eigenvalue weighted by Gasteiger charge is 2.17. The van der Waals surface area contributed by atoms with Crippen LogP contribution in [0.15, 0.2) is 65.7 Å². The summed E-state index contributed by atoms with van der Waals surface area (Å²) in [7, 11) is -1.05. The van der Waals surface area contributed by atoms with Crippen LogP contribution in [-0.2, 0) is 10.8 Å². The molecule has 2 atom stereocenters. The molecule has 6 heteroatoms. The van der Waals surface area contributed by atoms with Gasteiger partial charge in [-0.25, -0.2) is 4.98 Å². The Bertz CT molecular complexity index is 904. The quantitative estimate of drug-likeness (QED) is 0.698. The minimum atomic E-state index is -1.05. The molecule has 3 aromatic rings. The first-order valence-electron chi connectivity index (χ1n) is 8.43. The van der Waals surface area contributed by atoms with Crippen molar-refractivity contribution in [2.75, 3.05) is 6.26 Å². The average molecular weight is 367 g/mol. The molecule has 0 saturated heterocycles. The summed E-state index contributed by atoms with van der Waals surface area (Å²) in [6.07, 6.45) is 4.11. The third kappa shape index (κ3) is 4.08. The first-order valence-corrected chi connectivity index (χ1v) is 9.99. The summed E-state index contributed by atoms with van der Waals surface area (Å²) in [5.41, 5.74) is 2.51. The Balaban J connectivity index is 1.74. The van der Waals surface area contributed by atoms with Crippen LogP contribution in [0.25, 0.3) is 11.3 Å². The van der Waals surface area contributed by atoms with Crippen molar-refractivity contribution >= 4 is 16.7 Å². The Morgan fingerprint density at radius 3 is 2.46 bits per heavy atom. The van der Waals surface area contributed by atoms with Crippen LogP contribution in [0.4, 0.5) is 0 Å². The number of benzene rings is 2. The summed E-state index contributed by atoms with van der Waals surface area (Å²) >= 11 is 0. The lowest BCUT2D eigenvalue weighted by atomic mass is 10.1. The van der Waals surface area contributed by atoms with Crippen molar-refractivity contribution in [3.63, 3.8) is 0 Å². The fourth-order valence-electron chi connectivity index (χ4n) is 2.68. The van der Waals surface area contributed by atoms with Gasteiger partial charge in [-0.2, -0.15) is 0 Å². The van der Waals surface area contributed by atoms with E-state index >= 15 is 0 Å². The van der Waals surface area contributed by atoms with Gasteiger partial charge in [0.1, 0.15) is 5.82 Å². The molecule has 0 bridgehead atoms. The molecule has 26 heavy (non-hydrogen) atoms. The van der Waals surface area contributed by atoms with Crippen LogP contribution in [0, 0.1) is 0 Å². The molecule has 2 aromatic carbocycles. The fraction of sp³-hybridized carbons (Fsp3) is 0.200. The molecule has 134 valence electrons. The molecule has 0 fully saturated rings. The van der Waals surface area contributed by atoms with E-state index < -0.39 is 10.8 Å². The standard InChI is InChI=1S/C20H21N3O2S/c1-3-17(19-21-13-18(22-19)14-7-5-4-6-8-14)23-20(24)15-9-11-16(12-10-15)26(2)25/h4-13,17H,3H2,1-2H3,(H,21,22)(H,23,24)/t17-,26+/m0/s1. The predicted molar refractivity (Wildman–Crippen MR) is 103 cm³/mol. The summed E-state index contributed by atoms with van der Waals surface area (Å²) in [6, 6.07) is 16.5. The number of rotatable bonds is 6. The SMILES string of the molecule is CC[C@H](NC(=O)c1ccc([S@@](C)=O)cc1)c1ncc(-c2ccccc2)[nH]1. The number of aromatic nitrogens is 2. The van der Waals surface area contributed by atoms with E-state index in [9.17, 15) is 9.00 Å². The van der Waals surface area contributed by atoms with Crippen molar-refractivity contribution in [1.29, 1.82) is 0 Å². The molecule has 0 radical (unpaired) electrons. The van der Waals surface area contributed by atoms with E-state index in [-0.39, 0.29) is 11.9 Å². The van der Waals surface area contributed by atoms with Crippen molar-refractivity contribution in [2.45, 2.75) is 24.3 Å². The summed E-state index contributed by atoms with van der Waals surface area (Å²) in [4.78, 5) is 21.0. The number of imidazole rings is 1. The van der Waals surface area contributed by atoms with Crippen molar-refractivity contribution in [1.82, 2.24) is 15.3 Å². The maximum absolute atomic E-state index is 12.5. The van der Waals surface area contributed by atoms with E-state index in [1.165, 1.54) is 0 Å². The Hall–Kier alpha value is -2.73. The van der Waals surface area contributed by atoms with Gasteiger partial charge in [0.2, 0.25) is 0 Å². The third-order valence-corrected chi connectivity index (χ3v) is 5.11. The van der Waals surface area contributed by atoms with Gasteiger partial charge in [-0.1, -0.05) is 37.3 Å². The number of amides is 1. The molecule has 5 nitrogen and oxygen atoms in total. The summed E-state index contributed by atoms with van der Waals surface area (Å²) in [5, 5.41) is 3.00. The first kappa shape index (κ1) is 18.1. The van der Waals surface area contributed by atoms with Gasteiger partial charge < -0.3 is 10.3 Å². The van der Waals surface area contributed by atoms with Gasteiger partial charge in [0.25, 0.3) is 5.91 Å². The van der Waals surface area contributed by atoms with Gasteiger partial charge in [-0.05, 0) is 36.2 Å². The van der Waals surface area contributed by atoms with Crippen molar-refractivity contribution in [3.8, 4) is 11.3 Å². The Morgan fingerprint density at radius 1 is 1.15 bits per heavy atom. The minimum Gasteiger partial charge on any atom is -0.342 e. The number of H-pyrrole nitrogens is 1. The van der Waals surface area contributed by atoms with Crippen LogP contribution < -0.4 is 5.32 Å². The molecule has 1 aromatic heterocycles. The van der Waals surface area contributed by atoms with Gasteiger partial charge >= 0.3 is 0 Å². The summed E-state index contributed by atoms with van der Waals surface area (Å²) < 4.78 is 11.5. The number of nitrogens with zero attached hydrogens (tertiary/aromatic N) is 1. The van der Waals surface area contributed by atoms with Crippen LogP contribution in [0.5, 0.6) is 0 Å². The van der Waals surface area contributed by atoms with E-state index in [4.69, 9.17) is 0 Å². The van der Waals surface area contributed by atoms with Gasteiger partial charge in [0, 0.05) is 27.5 Å². The summed E-state index contributed by atoms with van der Waals surface area (Å²) in [5.74, 6) is 0.550. The van der Waals surface area contributed by atoms with E-state index in [0.717, 1.165) is 17.1 Å². The van der Waals surface area contributed by atoms with Gasteiger partial charge in [0.15, 0.2) is 0 Å². The van der Waals surface area contributed by atoms with Crippen LogP contribution in [-0.4, -0.2) is 26.3 Å². The third-order valence-electron chi connectivity index (χ3n) is 4.17. The molecule has 0 aliphatic rings. The normalized spacial score (nSPS) is 13.2. The van der Waals surface area contributed by atoms with Gasteiger partial charge in [0.05, 0.1) is 17.9 Å². The fourth-order valence-corrected chi connectivity index (χ4v) is 3.20. The number of carbonyl (C=O) groups excluding carboxylic acids is 1. The smallest absolute Gasteiger partial charge is 0.251 e. The van der Waals surface area contributed by atoms with Crippen molar-refractivity contribution < 1.29 is 9.00 Å². The van der Waals surface area contributed by atoms with E-state index in [1.54, 1.807) is 36.7 Å². The molecule has 0 unspecified atom stereocenters.